The molecule has 0 saturated heterocycles. The number of alkyl halides is 1. The summed E-state index contributed by atoms with van der Waals surface area (Å²) in [5, 5.41) is 30.3. The summed E-state index contributed by atoms with van der Waals surface area (Å²) < 4.78 is 0. The van der Waals surface area contributed by atoms with Crippen molar-refractivity contribution < 1.29 is 15.3 Å². The van der Waals surface area contributed by atoms with Crippen LogP contribution >= 0.6 is 11.6 Å². The van der Waals surface area contributed by atoms with E-state index in [-0.39, 0.29) is 23.9 Å². The number of phenolic OH excluding ortho intramolecular Hbond substituents is 2. The van der Waals surface area contributed by atoms with Crippen molar-refractivity contribution in [3.8, 4) is 11.5 Å². The Morgan fingerprint density at radius 3 is 2.64 bits per heavy atom. The van der Waals surface area contributed by atoms with E-state index >= 15 is 0 Å². The smallest absolute Gasteiger partial charge is 0.142 e. The SMILES string of the molecule is Oc1ccc(NCC(O)CCl)c(O)c1. The van der Waals surface area contributed by atoms with E-state index in [0.717, 1.165) is 0 Å². The van der Waals surface area contributed by atoms with Crippen LogP contribution in [-0.4, -0.2) is 33.8 Å². The van der Waals surface area contributed by atoms with Gasteiger partial charge in [-0.05, 0) is 12.1 Å². The van der Waals surface area contributed by atoms with Crippen LogP contribution in [0.15, 0.2) is 18.2 Å². The third kappa shape index (κ3) is 2.97. The van der Waals surface area contributed by atoms with Gasteiger partial charge < -0.3 is 20.6 Å². The lowest BCUT2D eigenvalue weighted by molar-refractivity contribution is 0.211. The molecule has 1 atom stereocenters. The van der Waals surface area contributed by atoms with Crippen molar-refractivity contribution in [2.24, 2.45) is 0 Å². The van der Waals surface area contributed by atoms with Gasteiger partial charge in [-0.2, -0.15) is 0 Å². The summed E-state index contributed by atoms with van der Waals surface area (Å²) in [4.78, 5) is 0. The Kier molecular flexibility index (Phi) is 3.85. The van der Waals surface area contributed by atoms with Gasteiger partial charge in [0.05, 0.1) is 17.7 Å². The zero-order valence-electron chi connectivity index (χ0n) is 7.44. The molecule has 0 bridgehead atoms. The molecule has 4 N–H and O–H groups in total. The molecule has 0 radical (unpaired) electrons. The summed E-state index contributed by atoms with van der Waals surface area (Å²) in [5.41, 5.74) is 0.451. The van der Waals surface area contributed by atoms with Gasteiger partial charge in [0.25, 0.3) is 0 Å². The van der Waals surface area contributed by atoms with Crippen molar-refractivity contribution in [1.82, 2.24) is 0 Å². The van der Waals surface area contributed by atoms with Crippen LogP contribution in [0.4, 0.5) is 5.69 Å². The van der Waals surface area contributed by atoms with Crippen LogP contribution in [0.3, 0.4) is 0 Å². The summed E-state index contributed by atoms with van der Waals surface area (Å²) in [6, 6.07) is 4.18. The fourth-order valence-electron chi connectivity index (χ4n) is 0.952. The largest absolute Gasteiger partial charge is 0.508 e. The van der Waals surface area contributed by atoms with Gasteiger partial charge in [0.1, 0.15) is 11.5 Å². The molecule has 0 aliphatic carbocycles. The molecule has 0 aliphatic heterocycles. The number of nitrogens with one attached hydrogen (secondary N) is 1. The molecule has 0 spiro atoms. The van der Waals surface area contributed by atoms with Gasteiger partial charge in [-0.25, -0.2) is 0 Å². The number of anilines is 1. The minimum absolute atomic E-state index is 0.00839. The summed E-state index contributed by atoms with van der Waals surface area (Å²) in [6.07, 6.45) is -0.662. The molecule has 0 aliphatic rings. The second-order valence-electron chi connectivity index (χ2n) is 2.89. The molecule has 4 nitrogen and oxygen atoms in total. The number of aliphatic hydroxyl groups excluding tert-OH is 1. The van der Waals surface area contributed by atoms with E-state index in [1.165, 1.54) is 18.2 Å². The number of aromatic hydroxyl groups is 2. The Morgan fingerprint density at radius 1 is 1.36 bits per heavy atom. The Balaban J connectivity index is 2.59. The lowest BCUT2D eigenvalue weighted by atomic mass is 10.2. The first-order valence-corrected chi connectivity index (χ1v) is 4.67. The highest BCUT2D eigenvalue weighted by atomic mass is 35.5. The molecule has 0 fully saturated rings. The molecule has 1 rings (SSSR count). The van der Waals surface area contributed by atoms with Crippen LogP contribution in [0.1, 0.15) is 0 Å². The van der Waals surface area contributed by atoms with E-state index in [2.05, 4.69) is 5.32 Å². The lowest BCUT2D eigenvalue weighted by Gasteiger charge is -2.11. The molecule has 0 amide bonds. The quantitative estimate of drug-likeness (QED) is 0.346. The normalized spacial score (nSPS) is 12.4. The van der Waals surface area contributed by atoms with E-state index < -0.39 is 6.10 Å². The van der Waals surface area contributed by atoms with Gasteiger partial charge in [0.2, 0.25) is 0 Å². The Bertz CT molecular complexity index is 306. The maximum atomic E-state index is 9.34. The predicted octanol–water partition coefficient (Wildman–Crippen LogP) is 1.11. The van der Waals surface area contributed by atoms with Crippen molar-refractivity contribution in [2.75, 3.05) is 17.7 Å². The Hall–Kier alpha value is -1.13. The third-order valence-corrected chi connectivity index (χ3v) is 2.04. The molecule has 0 heterocycles. The molecule has 78 valence electrons. The highest BCUT2D eigenvalue weighted by Crippen LogP contribution is 2.26. The maximum Gasteiger partial charge on any atom is 0.142 e. The number of benzene rings is 1. The minimum Gasteiger partial charge on any atom is -0.508 e. The van der Waals surface area contributed by atoms with Crippen molar-refractivity contribution in [3.05, 3.63) is 18.2 Å². The van der Waals surface area contributed by atoms with Crippen LogP contribution in [0, 0.1) is 0 Å². The lowest BCUT2D eigenvalue weighted by Crippen LogP contribution is -2.20. The number of halogens is 1. The third-order valence-electron chi connectivity index (χ3n) is 1.69. The number of hydrogen-bond acceptors (Lipinski definition) is 4. The zero-order valence-corrected chi connectivity index (χ0v) is 8.20. The second kappa shape index (κ2) is 4.93. The maximum absolute atomic E-state index is 9.34. The van der Waals surface area contributed by atoms with E-state index in [1.807, 2.05) is 0 Å². The predicted molar refractivity (Wildman–Crippen MR) is 55.0 cm³/mol. The second-order valence-corrected chi connectivity index (χ2v) is 3.20. The number of hydrogen-bond donors (Lipinski definition) is 4. The highest BCUT2D eigenvalue weighted by molar-refractivity contribution is 6.18. The summed E-state index contributed by atoms with van der Waals surface area (Å²) in [5.74, 6) is 0.0592. The molecule has 0 aromatic heterocycles. The molecule has 1 unspecified atom stereocenters. The average Bonchev–Trinajstić information content (AvgIpc) is 2.16. The number of aliphatic hydroxyl groups is 1. The minimum atomic E-state index is -0.662. The van der Waals surface area contributed by atoms with Gasteiger partial charge in [-0.3, -0.25) is 0 Å². The molecular formula is C9H12ClNO3. The summed E-state index contributed by atoms with van der Waals surface area (Å²) in [7, 11) is 0. The monoisotopic (exact) mass is 217 g/mol. The topological polar surface area (TPSA) is 72.7 Å². The van der Waals surface area contributed by atoms with Crippen LogP contribution in [0.25, 0.3) is 0 Å². The molecule has 1 aromatic rings. The van der Waals surface area contributed by atoms with E-state index in [9.17, 15) is 5.11 Å². The average molecular weight is 218 g/mol. The van der Waals surface area contributed by atoms with Crippen molar-refractivity contribution in [2.45, 2.75) is 6.10 Å². The fourth-order valence-corrected chi connectivity index (χ4v) is 1.06. The van der Waals surface area contributed by atoms with E-state index in [1.54, 1.807) is 0 Å². The van der Waals surface area contributed by atoms with Gasteiger partial charge in [0.15, 0.2) is 0 Å². The van der Waals surface area contributed by atoms with Gasteiger partial charge in [-0.15, -0.1) is 11.6 Å². The summed E-state index contributed by atoms with van der Waals surface area (Å²) in [6.45, 7) is 0.252. The van der Waals surface area contributed by atoms with E-state index in [4.69, 9.17) is 21.8 Å². The standard InChI is InChI=1S/C9H12ClNO3/c10-4-7(13)5-11-8-2-1-6(12)3-9(8)14/h1-3,7,11-14H,4-5H2. The van der Waals surface area contributed by atoms with Crippen molar-refractivity contribution in [3.63, 3.8) is 0 Å². The van der Waals surface area contributed by atoms with Crippen LogP contribution in [-0.2, 0) is 0 Å². The summed E-state index contributed by atoms with van der Waals surface area (Å²) >= 11 is 5.39. The molecule has 14 heavy (non-hydrogen) atoms. The Labute approximate surface area is 86.8 Å². The first-order chi connectivity index (χ1) is 6.63. The van der Waals surface area contributed by atoms with Crippen LogP contribution in [0.2, 0.25) is 0 Å². The number of rotatable bonds is 4. The fraction of sp³-hybridized carbons (Fsp3) is 0.333. The molecule has 0 saturated carbocycles. The van der Waals surface area contributed by atoms with Crippen LogP contribution < -0.4 is 5.32 Å². The van der Waals surface area contributed by atoms with Gasteiger partial charge in [0, 0.05) is 12.6 Å². The zero-order chi connectivity index (χ0) is 10.6. The first kappa shape index (κ1) is 10.9. The Morgan fingerprint density at radius 2 is 2.07 bits per heavy atom. The molecular weight excluding hydrogens is 206 g/mol. The molecule has 5 heteroatoms. The highest BCUT2D eigenvalue weighted by Gasteiger charge is 2.04. The van der Waals surface area contributed by atoms with E-state index in [0.29, 0.717) is 5.69 Å². The molecule has 1 aromatic carbocycles. The van der Waals surface area contributed by atoms with Crippen molar-refractivity contribution in [1.29, 1.82) is 0 Å². The number of phenols is 2. The van der Waals surface area contributed by atoms with Gasteiger partial charge >= 0.3 is 0 Å². The first-order valence-electron chi connectivity index (χ1n) is 4.13. The van der Waals surface area contributed by atoms with Crippen LogP contribution in [0.5, 0.6) is 11.5 Å². The van der Waals surface area contributed by atoms with Gasteiger partial charge in [-0.1, -0.05) is 0 Å². The van der Waals surface area contributed by atoms with Crippen molar-refractivity contribution >= 4 is 17.3 Å².